The third kappa shape index (κ3) is 1.82. The van der Waals surface area contributed by atoms with Gasteiger partial charge in [-0.25, -0.2) is 10.5 Å². The van der Waals surface area contributed by atoms with Gasteiger partial charge in [0.2, 0.25) is 0 Å². The van der Waals surface area contributed by atoms with E-state index in [1.807, 2.05) is 0 Å². The van der Waals surface area contributed by atoms with Crippen molar-refractivity contribution in [1.82, 2.24) is 11.1 Å². The topological polar surface area (TPSA) is 52.9 Å². The van der Waals surface area contributed by atoms with E-state index in [-0.39, 0.29) is 0 Å². The molecule has 0 aliphatic heterocycles. The molecular weight excluding hydrogens is 104 g/mol. The molecule has 1 saturated carbocycles. The number of nitrogens with one attached hydrogen (secondary N) is 2. The van der Waals surface area contributed by atoms with E-state index in [1.165, 1.54) is 12.8 Å². The molecule has 1 aliphatic rings. The molecule has 45 valence electrons. The number of urea groups is 1. The molecule has 0 atom stereocenters. The van der Waals surface area contributed by atoms with Crippen LogP contribution in [-0.2, 0) is 0 Å². The Morgan fingerprint density at radius 2 is 2.38 bits per heavy atom. The minimum Gasteiger partial charge on any atom is -0.336 e. The lowest BCUT2D eigenvalue weighted by Crippen LogP contribution is -2.24. The molecule has 1 rings (SSSR count). The van der Waals surface area contributed by atoms with Gasteiger partial charge in [-0.2, -0.15) is 0 Å². The maximum Gasteiger partial charge on any atom is 0.333 e. The minimum atomic E-state index is -0.656. The maximum absolute atomic E-state index is 9.93. The van der Waals surface area contributed by atoms with Crippen molar-refractivity contribution in [3.05, 3.63) is 0 Å². The van der Waals surface area contributed by atoms with Crippen LogP contribution in [-0.4, -0.2) is 12.6 Å². The molecule has 0 bridgehead atoms. The first-order chi connectivity index (χ1) is 3.79. The second-order valence-electron chi connectivity index (χ2n) is 2.15. The standard InChI is InChI=1S/C5H9N2O/c6-5(8)7-3-4-1-2-4/h4,6H,1-3H2,(H,7,8). The summed E-state index contributed by atoms with van der Waals surface area (Å²) in [5.41, 5.74) is 6.45. The summed E-state index contributed by atoms with van der Waals surface area (Å²) >= 11 is 0. The molecular formula is C5H9N2O. The van der Waals surface area contributed by atoms with E-state index in [9.17, 15) is 4.79 Å². The molecule has 0 aromatic carbocycles. The van der Waals surface area contributed by atoms with E-state index in [4.69, 9.17) is 5.73 Å². The molecule has 0 unspecified atom stereocenters. The summed E-state index contributed by atoms with van der Waals surface area (Å²) in [6.45, 7) is 0.711. The summed E-state index contributed by atoms with van der Waals surface area (Å²) in [7, 11) is 0. The Kier molecular flexibility index (Phi) is 1.37. The molecule has 1 radical (unpaired) electrons. The van der Waals surface area contributed by atoms with Crippen molar-refractivity contribution in [3.63, 3.8) is 0 Å². The van der Waals surface area contributed by atoms with E-state index in [0.717, 1.165) is 0 Å². The normalized spacial score (nSPS) is 18.0. The fourth-order valence-electron chi connectivity index (χ4n) is 0.559. The first-order valence-corrected chi connectivity index (χ1v) is 2.78. The van der Waals surface area contributed by atoms with Crippen molar-refractivity contribution in [2.75, 3.05) is 6.54 Å². The van der Waals surface area contributed by atoms with Crippen LogP contribution in [0.25, 0.3) is 0 Å². The largest absolute Gasteiger partial charge is 0.336 e. The van der Waals surface area contributed by atoms with Crippen LogP contribution in [0.5, 0.6) is 0 Å². The quantitative estimate of drug-likeness (QED) is 0.553. The average molecular weight is 113 g/mol. The highest BCUT2D eigenvalue weighted by Gasteiger charge is 2.20. The van der Waals surface area contributed by atoms with E-state index < -0.39 is 6.03 Å². The van der Waals surface area contributed by atoms with Gasteiger partial charge in [-0.05, 0) is 18.8 Å². The Morgan fingerprint density at radius 3 is 2.75 bits per heavy atom. The summed E-state index contributed by atoms with van der Waals surface area (Å²) in [4.78, 5) is 9.93. The van der Waals surface area contributed by atoms with Crippen LogP contribution in [0.4, 0.5) is 4.79 Å². The molecule has 1 fully saturated rings. The van der Waals surface area contributed by atoms with Gasteiger partial charge in [0.05, 0.1) is 0 Å². The molecule has 8 heavy (non-hydrogen) atoms. The summed E-state index contributed by atoms with van der Waals surface area (Å²) < 4.78 is 0. The van der Waals surface area contributed by atoms with Crippen LogP contribution in [0.1, 0.15) is 12.8 Å². The lowest BCUT2D eigenvalue weighted by Gasteiger charge is -1.94. The zero-order valence-corrected chi connectivity index (χ0v) is 4.61. The van der Waals surface area contributed by atoms with Gasteiger partial charge in [0.15, 0.2) is 0 Å². The molecule has 3 heteroatoms. The molecule has 0 saturated heterocycles. The SMILES string of the molecule is [NH]C(=O)NCC1CC1. The van der Waals surface area contributed by atoms with Crippen molar-refractivity contribution in [2.45, 2.75) is 12.8 Å². The minimum absolute atomic E-state index is 0.656. The van der Waals surface area contributed by atoms with Crippen molar-refractivity contribution < 1.29 is 4.79 Å². The summed E-state index contributed by atoms with van der Waals surface area (Å²) in [6.07, 6.45) is 2.44. The third-order valence-electron chi connectivity index (χ3n) is 1.25. The van der Waals surface area contributed by atoms with E-state index in [0.29, 0.717) is 12.5 Å². The first-order valence-electron chi connectivity index (χ1n) is 2.78. The number of hydrogen-bond acceptors (Lipinski definition) is 1. The highest BCUT2D eigenvalue weighted by molar-refractivity contribution is 5.70. The predicted octanol–water partition coefficient (Wildman–Crippen LogP) is 0.389. The second kappa shape index (κ2) is 2.03. The fraction of sp³-hybridized carbons (Fsp3) is 0.800. The zero-order chi connectivity index (χ0) is 5.98. The Morgan fingerprint density at radius 1 is 1.75 bits per heavy atom. The van der Waals surface area contributed by atoms with Crippen LogP contribution in [0.3, 0.4) is 0 Å². The van der Waals surface area contributed by atoms with E-state index >= 15 is 0 Å². The van der Waals surface area contributed by atoms with Gasteiger partial charge in [0.1, 0.15) is 0 Å². The molecule has 3 nitrogen and oxygen atoms in total. The van der Waals surface area contributed by atoms with Crippen LogP contribution < -0.4 is 11.1 Å². The van der Waals surface area contributed by atoms with E-state index in [2.05, 4.69) is 5.32 Å². The Balaban J connectivity index is 1.95. The van der Waals surface area contributed by atoms with Gasteiger partial charge in [0, 0.05) is 6.54 Å². The average Bonchev–Trinajstić information content (AvgIpc) is 2.41. The summed E-state index contributed by atoms with van der Waals surface area (Å²) in [6, 6.07) is -0.656. The zero-order valence-electron chi connectivity index (χ0n) is 4.61. The number of carbonyl (C=O) groups excluding carboxylic acids is 1. The lowest BCUT2D eigenvalue weighted by atomic mass is 10.4. The molecule has 0 aromatic rings. The number of hydrogen-bond donors (Lipinski definition) is 1. The Bertz CT molecular complexity index is 98.6. The number of carbonyl (C=O) groups is 1. The van der Waals surface area contributed by atoms with Gasteiger partial charge in [0.25, 0.3) is 0 Å². The summed E-state index contributed by atoms with van der Waals surface area (Å²) in [5, 5.41) is 2.44. The van der Waals surface area contributed by atoms with Crippen molar-refractivity contribution in [1.29, 1.82) is 0 Å². The summed E-state index contributed by atoms with van der Waals surface area (Å²) in [5.74, 6) is 0.685. The molecule has 0 spiro atoms. The highest BCUT2D eigenvalue weighted by Crippen LogP contribution is 2.27. The first kappa shape index (κ1) is 5.41. The lowest BCUT2D eigenvalue weighted by molar-refractivity contribution is 0.247. The smallest absolute Gasteiger partial charge is 0.333 e. The van der Waals surface area contributed by atoms with Crippen LogP contribution in [0.15, 0.2) is 0 Å². The van der Waals surface area contributed by atoms with Crippen molar-refractivity contribution >= 4 is 6.03 Å². The fourth-order valence-corrected chi connectivity index (χ4v) is 0.559. The van der Waals surface area contributed by atoms with Gasteiger partial charge >= 0.3 is 6.03 Å². The maximum atomic E-state index is 9.93. The third-order valence-corrected chi connectivity index (χ3v) is 1.25. The van der Waals surface area contributed by atoms with Crippen LogP contribution >= 0.6 is 0 Å². The van der Waals surface area contributed by atoms with Crippen LogP contribution in [0, 0.1) is 5.92 Å². The Hall–Kier alpha value is -0.730. The monoisotopic (exact) mass is 113 g/mol. The Labute approximate surface area is 48.2 Å². The molecule has 2 amide bonds. The molecule has 0 heterocycles. The number of amides is 2. The van der Waals surface area contributed by atoms with Crippen molar-refractivity contribution in [3.8, 4) is 0 Å². The molecule has 0 aromatic heterocycles. The van der Waals surface area contributed by atoms with Crippen molar-refractivity contribution in [2.24, 2.45) is 5.92 Å². The number of rotatable bonds is 2. The van der Waals surface area contributed by atoms with Gasteiger partial charge in [-0.15, -0.1) is 0 Å². The van der Waals surface area contributed by atoms with Gasteiger partial charge in [-0.1, -0.05) is 0 Å². The molecule has 1 aliphatic carbocycles. The van der Waals surface area contributed by atoms with Crippen LogP contribution in [0.2, 0.25) is 0 Å². The predicted molar refractivity (Wildman–Crippen MR) is 29.2 cm³/mol. The second-order valence-corrected chi connectivity index (χ2v) is 2.15. The highest BCUT2D eigenvalue weighted by atomic mass is 16.2. The van der Waals surface area contributed by atoms with Gasteiger partial charge < -0.3 is 5.32 Å². The van der Waals surface area contributed by atoms with Gasteiger partial charge in [-0.3, -0.25) is 0 Å². The molecule has 2 N–H and O–H groups in total. The van der Waals surface area contributed by atoms with E-state index in [1.54, 1.807) is 0 Å².